The second-order valence-corrected chi connectivity index (χ2v) is 3.72. The Labute approximate surface area is 81.3 Å². The van der Waals surface area contributed by atoms with Crippen LogP contribution in [0, 0.1) is 5.92 Å². The summed E-state index contributed by atoms with van der Waals surface area (Å²) in [4.78, 5) is 13.2. The van der Waals surface area contributed by atoms with Crippen molar-refractivity contribution < 1.29 is 4.79 Å². The van der Waals surface area contributed by atoms with Crippen molar-refractivity contribution in [3.05, 3.63) is 0 Å². The van der Waals surface area contributed by atoms with E-state index in [1.807, 2.05) is 7.05 Å². The van der Waals surface area contributed by atoms with Crippen LogP contribution in [0.1, 0.15) is 33.1 Å². The quantitative estimate of drug-likeness (QED) is 0.678. The van der Waals surface area contributed by atoms with Crippen LogP contribution in [0.15, 0.2) is 0 Å². The van der Waals surface area contributed by atoms with E-state index in [4.69, 9.17) is 5.73 Å². The molecule has 0 aliphatic rings. The largest absolute Gasteiger partial charge is 0.345 e. The van der Waals surface area contributed by atoms with E-state index >= 15 is 0 Å². The van der Waals surface area contributed by atoms with Gasteiger partial charge in [-0.25, -0.2) is 0 Å². The number of carbonyl (C=O) groups excluding carboxylic acids is 1. The number of hydrogen-bond acceptors (Lipinski definition) is 2. The Bertz CT molecular complexity index is 148. The monoisotopic (exact) mass is 186 g/mol. The molecule has 1 atom stereocenters. The Morgan fingerprint density at radius 1 is 1.54 bits per heavy atom. The summed E-state index contributed by atoms with van der Waals surface area (Å²) in [6.07, 6.45) is 2.73. The first-order valence-electron chi connectivity index (χ1n) is 5.05. The predicted octanol–water partition coefficient (Wildman–Crippen LogP) is 1.23. The summed E-state index contributed by atoms with van der Waals surface area (Å²) in [7, 11) is 1.85. The van der Waals surface area contributed by atoms with Crippen molar-refractivity contribution in [2.45, 2.75) is 33.1 Å². The molecule has 1 unspecified atom stereocenters. The Kier molecular flexibility index (Phi) is 6.59. The molecule has 0 rings (SSSR count). The van der Waals surface area contributed by atoms with Crippen molar-refractivity contribution in [3.8, 4) is 0 Å². The number of nitrogens with zero attached hydrogens (tertiary/aromatic N) is 1. The van der Waals surface area contributed by atoms with Crippen LogP contribution >= 0.6 is 0 Å². The van der Waals surface area contributed by atoms with E-state index in [1.165, 1.54) is 0 Å². The lowest BCUT2D eigenvalue weighted by Gasteiger charge is -2.20. The van der Waals surface area contributed by atoms with Crippen molar-refractivity contribution in [2.24, 2.45) is 11.7 Å². The van der Waals surface area contributed by atoms with E-state index in [1.54, 1.807) is 4.90 Å². The molecule has 0 aromatic rings. The molecule has 0 aromatic carbocycles. The van der Waals surface area contributed by atoms with E-state index in [0.717, 1.165) is 19.4 Å². The van der Waals surface area contributed by atoms with E-state index in [-0.39, 0.29) is 5.91 Å². The van der Waals surface area contributed by atoms with Gasteiger partial charge in [0.2, 0.25) is 5.91 Å². The topological polar surface area (TPSA) is 46.3 Å². The summed E-state index contributed by atoms with van der Waals surface area (Å²) in [5, 5.41) is 0. The minimum Gasteiger partial charge on any atom is -0.345 e. The molecule has 2 N–H and O–H groups in total. The highest BCUT2D eigenvalue weighted by molar-refractivity contribution is 5.75. The summed E-state index contributed by atoms with van der Waals surface area (Å²) >= 11 is 0. The predicted molar refractivity (Wildman–Crippen MR) is 55.4 cm³/mol. The van der Waals surface area contributed by atoms with Crippen molar-refractivity contribution in [1.82, 2.24) is 4.90 Å². The van der Waals surface area contributed by atoms with Gasteiger partial charge in [-0.3, -0.25) is 4.79 Å². The number of unbranched alkanes of at least 4 members (excludes halogenated alkanes) is 1. The molecule has 0 aliphatic heterocycles. The molecule has 13 heavy (non-hydrogen) atoms. The molecule has 0 saturated heterocycles. The van der Waals surface area contributed by atoms with Crippen LogP contribution in [0.25, 0.3) is 0 Å². The SMILES string of the molecule is CCCCC(=O)N(C)CC(C)CN. The van der Waals surface area contributed by atoms with Crippen molar-refractivity contribution >= 4 is 5.91 Å². The summed E-state index contributed by atoms with van der Waals surface area (Å²) in [5.74, 6) is 0.637. The van der Waals surface area contributed by atoms with Gasteiger partial charge in [0.05, 0.1) is 0 Å². The first kappa shape index (κ1) is 12.4. The van der Waals surface area contributed by atoms with Gasteiger partial charge in [0.1, 0.15) is 0 Å². The van der Waals surface area contributed by atoms with E-state index in [9.17, 15) is 4.79 Å². The molecule has 0 spiro atoms. The third-order valence-electron chi connectivity index (χ3n) is 2.16. The Hall–Kier alpha value is -0.570. The lowest BCUT2D eigenvalue weighted by atomic mass is 10.1. The maximum absolute atomic E-state index is 11.4. The zero-order valence-corrected chi connectivity index (χ0v) is 9.05. The Balaban J connectivity index is 3.68. The minimum atomic E-state index is 0.238. The summed E-state index contributed by atoms with van der Waals surface area (Å²) in [6.45, 7) is 5.57. The zero-order chi connectivity index (χ0) is 10.3. The highest BCUT2D eigenvalue weighted by atomic mass is 16.2. The molecule has 0 aromatic heterocycles. The standard InChI is InChI=1S/C10H22N2O/c1-4-5-6-10(13)12(3)8-9(2)7-11/h9H,4-8,11H2,1-3H3. The lowest BCUT2D eigenvalue weighted by Crippen LogP contribution is -2.33. The minimum absolute atomic E-state index is 0.238. The maximum atomic E-state index is 11.4. The lowest BCUT2D eigenvalue weighted by molar-refractivity contribution is -0.130. The molecular weight excluding hydrogens is 164 g/mol. The third-order valence-corrected chi connectivity index (χ3v) is 2.16. The number of hydrogen-bond donors (Lipinski definition) is 1. The molecule has 0 saturated carbocycles. The molecule has 0 bridgehead atoms. The Morgan fingerprint density at radius 2 is 2.15 bits per heavy atom. The zero-order valence-electron chi connectivity index (χ0n) is 9.05. The molecule has 0 heterocycles. The van der Waals surface area contributed by atoms with Gasteiger partial charge < -0.3 is 10.6 Å². The van der Waals surface area contributed by atoms with Crippen LogP contribution in [0.2, 0.25) is 0 Å². The summed E-state index contributed by atoms with van der Waals surface area (Å²) < 4.78 is 0. The molecule has 3 nitrogen and oxygen atoms in total. The van der Waals surface area contributed by atoms with Gasteiger partial charge >= 0.3 is 0 Å². The first-order chi connectivity index (χ1) is 6.11. The fourth-order valence-corrected chi connectivity index (χ4v) is 1.16. The Morgan fingerprint density at radius 3 is 2.62 bits per heavy atom. The van der Waals surface area contributed by atoms with Crippen molar-refractivity contribution in [2.75, 3.05) is 20.1 Å². The first-order valence-corrected chi connectivity index (χ1v) is 5.05. The van der Waals surface area contributed by atoms with Crippen molar-refractivity contribution in [1.29, 1.82) is 0 Å². The van der Waals surface area contributed by atoms with E-state index in [2.05, 4.69) is 13.8 Å². The van der Waals surface area contributed by atoms with E-state index in [0.29, 0.717) is 18.9 Å². The third kappa shape index (κ3) is 5.64. The normalized spacial score (nSPS) is 12.6. The maximum Gasteiger partial charge on any atom is 0.222 e. The van der Waals surface area contributed by atoms with Crippen LogP contribution < -0.4 is 5.73 Å². The van der Waals surface area contributed by atoms with Crippen LogP contribution in [0.5, 0.6) is 0 Å². The fraction of sp³-hybridized carbons (Fsp3) is 0.900. The fourth-order valence-electron chi connectivity index (χ4n) is 1.16. The van der Waals surface area contributed by atoms with Crippen LogP contribution in [-0.2, 0) is 4.79 Å². The van der Waals surface area contributed by atoms with Gasteiger partial charge in [0, 0.05) is 20.0 Å². The molecule has 3 heteroatoms. The van der Waals surface area contributed by atoms with Crippen molar-refractivity contribution in [3.63, 3.8) is 0 Å². The summed E-state index contributed by atoms with van der Waals surface area (Å²) in [5.41, 5.74) is 5.48. The molecule has 0 aliphatic carbocycles. The summed E-state index contributed by atoms with van der Waals surface area (Å²) in [6, 6.07) is 0. The average Bonchev–Trinajstić information content (AvgIpc) is 2.13. The van der Waals surface area contributed by atoms with Gasteiger partial charge in [-0.15, -0.1) is 0 Å². The highest BCUT2D eigenvalue weighted by Crippen LogP contribution is 2.01. The van der Waals surface area contributed by atoms with Crippen LogP contribution in [0.3, 0.4) is 0 Å². The highest BCUT2D eigenvalue weighted by Gasteiger charge is 2.10. The number of carbonyl (C=O) groups is 1. The molecule has 0 radical (unpaired) electrons. The van der Waals surface area contributed by atoms with Gasteiger partial charge in [0.25, 0.3) is 0 Å². The van der Waals surface area contributed by atoms with E-state index < -0.39 is 0 Å². The second kappa shape index (κ2) is 6.89. The van der Waals surface area contributed by atoms with Crippen LogP contribution in [-0.4, -0.2) is 30.9 Å². The second-order valence-electron chi connectivity index (χ2n) is 3.72. The molecule has 0 fully saturated rings. The number of rotatable bonds is 6. The van der Waals surface area contributed by atoms with Gasteiger partial charge in [-0.1, -0.05) is 20.3 Å². The average molecular weight is 186 g/mol. The number of amides is 1. The number of nitrogens with two attached hydrogens (primary N) is 1. The molecular formula is C10H22N2O. The molecule has 1 amide bonds. The van der Waals surface area contributed by atoms with Gasteiger partial charge in [-0.2, -0.15) is 0 Å². The molecule has 78 valence electrons. The van der Waals surface area contributed by atoms with Crippen LogP contribution in [0.4, 0.5) is 0 Å². The smallest absolute Gasteiger partial charge is 0.222 e. The van der Waals surface area contributed by atoms with Gasteiger partial charge in [-0.05, 0) is 18.9 Å². The van der Waals surface area contributed by atoms with Gasteiger partial charge in [0.15, 0.2) is 0 Å².